The normalized spacial score (nSPS) is 11.9. The lowest BCUT2D eigenvalue weighted by molar-refractivity contribution is 0.257. The molecule has 0 aliphatic heterocycles. The van der Waals surface area contributed by atoms with Crippen molar-refractivity contribution in [1.82, 2.24) is 9.29 Å². The van der Waals surface area contributed by atoms with Crippen LogP contribution in [-0.2, 0) is 16.4 Å². The zero-order valence-corrected chi connectivity index (χ0v) is 10.7. The van der Waals surface area contributed by atoms with E-state index in [0.717, 1.165) is 5.69 Å². The number of hydrogen-bond acceptors (Lipinski definition) is 4. The third kappa shape index (κ3) is 4.41. The first-order valence-electron chi connectivity index (χ1n) is 5.58. The van der Waals surface area contributed by atoms with Gasteiger partial charge in [-0.2, -0.15) is 4.31 Å². The van der Waals surface area contributed by atoms with E-state index in [9.17, 15) is 8.42 Å². The Hall–Kier alpha value is -0.980. The molecule has 1 N–H and O–H groups in total. The van der Waals surface area contributed by atoms with Crippen LogP contribution in [0.5, 0.6) is 0 Å². The SMILES string of the molecule is CCN(CCO)S(=O)(=O)CCc1ccccn1. The summed E-state index contributed by atoms with van der Waals surface area (Å²) in [5, 5.41) is 8.80. The molecule has 0 spiro atoms. The zero-order valence-electron chi connectivity index (χ0n) is 9.91. The van der Waals surface area contributed by atoms with Gasteiger partial charge in [0.25, 0.3) is 0 Å². The Bertz CT molecular complexity index is 420. The predicted octanol–water partition coefficient (Wildman–Crippen LogP) is 0.268. The van der Waals surface area contributed by atoms with Crippen molar-refractivity contribution in [2.75, 3.05) is 25.4 Å². The van der Waals surface area contributed by atoms with Gasteiger partial charge in [0.1, 0.15) is 0 Å². The maximum Gasteiger partial charge on any atom is 0.214 e. The Morgan fingerprint density at radius 3 is 2.71 bits per heavy atom. The first-order valence-corrected chi connectivity index (χ1v) is 7.19. The van der Waals surface area contributed by atoms with Crippen molar-refractivity contribution in [3.8, 4) is 0 Å². The van der Waals surface area contributed by atoms with Gasteiger partial charge in [-0.25, -0.2) is 8.42 Å². The van der Waals surface area contributed by atoms with Crippen LogP contribution in [0.4, 0.5) is 0 Å². The van der Waals surface area contributed by atoms with E-state index >= 15 is 0 Å². The molecule has 0 saturated carbocycles. The summed E-state index contributed by atoms with van der Waals surface area (Å²) < 4.78 is 25.1. The molecule has 0 atom stereocenters. The maximum atomic E-state index is 11.9. The summed E-state index contributed by atoms with van der Waals surface area (Å²) in [5.74, 6) is 0.0256. The summed E-state index contributed by atoms with van der Waals surface area (Å²) in [6.07, 6.45) is 2.04. The number of aryl methyl sites for hydroxylation is 1. The summed E-state index contributed by atoms with van der Waals surface area (Å²) in [7, 11) is -3.30. The lowest BCUT2D eigenvalue weighted by Crippen LogP contribution is -2.35. The smallest absolute Gasteiger partial charge is 0.214 e. The van der Waals surface area contributed by atoms with Gasteiger partial charge in [-0.05, 0) is 12.1 Å². The molecule has 1 aromatic rings. The molecule has 17 heavy (non-hydrogen) atoms. The molecule has 0 aliphatic rings. The summed E-state index contributed by atoms with van der Waals surface area (Å²) in [6.45, 7) is 2.14. The van der Waals surface area contributed by atoms with Crippen molar-refractivity contribution in [2.45, 2.75) is 13.3 Å². The Balaban J connectivity index is 2.60. The number of aromatic nitrogens is 1. The lowest BCUT2D eigenvalue weighted by Gasteiger charge is -2.18. The van der Waals surface area contributed by atoms with Crippen LogP contribution in [0.3, 0.4) is 0 Å². The monoisotopic (exact) mass is 258 g/mol. The van der Waals surface area contributed by atoms with Gasteiger partial charge in [0.05, 0.1) is 12.4 Å². The molecule has 0 bridgehead atoms. The predicted molar refractivity (Wildman–Crippen MR) is 66.1 cm³/mol. The number of pyridine rings is 1. The molecule has 5 nitrogen and oxygen atoms in total. The van der Waals surface area contributed by atoms with Crippen LogP contribution in [-0.4, -0.2) is 48.3 Å². The molecule has 0 radical (unpaired) electrons. The Kier molecular flexibility index (Phi) is 5.54. The molecule has 0 aromatic carbocycles. The van der Waals surface area contributed by atoms with Crippen LogP contribution in [0.15, 0.2) is 24.4 Å². The number of likely N-dealkylation sites (N-methyl/N-ethyl adjacent to an activating group) is 1. The van der Waals surface area contributed by atoms with Gasteiger partial charge in [0, 0.05) is 31.4 Å². The number of nitrogens with zero attached hydrogens (tertiary/aromatic N) is 2. The molecule has 0 amide bonds. The third-order valence-electron chi connectivity index (χ3n) is 2.44. The van der Waals surface area contributed by atoms with Gasteiger partial charge in [-0.3, -0.25) is 4.98 Å². The van der Waals surface area contributed by atoms with Gasteiger partial charge < -0.3 is 5.11 Å². The van der Waals surface area contributed by atoms with Gasteiger partial charge >= 0.3 is 0 Å². The highest BCUT2D eigenvalue weighted by Gasteiger charge is 2.19. The second kappa shape index (κ2) is 6.68. The fourth-order valence-electron chi connectivity index (χ4n) is 1.51. The number of aliphatic hydroxyl groups is 1. The zero-order chi connectivity index (χ0) is 12.7. The van der Waals surface area contributed by atoms with Crippen molar-refractivity contribution < 1.29 is 13.5 Å². The van der Waals surface area contributed by atoms with E-state index < -0.39 is 10.0 Å². The topological polar surface area (TPSA) is 70.5 Å². The Labute approximate surface area is 102 Å². The van der Waals surface area contributed by atoms with E-state index in [1.165, 1.54) is 4.31 Å². The number of aliphatic hydroxyl groups excluding tert-OH is 1. The minimum absolute atomic E-state index is 0.0256. The minimum atomic E-state index is -3.30. The van der Waals surface area contributed by atoms with Gasteiger partial charge in [0.2, 0.25) is 10.0 Å². The average Bonchev–Trinajstić information content (AvgIpc) is 2.34. The quantitative estimate of drug-likeness (QED) is 0.762. The molecular weight excluding hydrogens is 240 g/mol. The van der Waals surface area contributed by atoms with Crippen molar-refractivity contribution in [2.24, 2.45) is 0 Å². The number of rotatable bonds is 7. The van der Waals surface area contributed by atoms with E-state index in [-0.39, 0.29) is 18.9 Å². The lowest BCUT2D eigenvalue weighted by atomic mass is 10.3. The number of hydrogen-bond donors (Lipinski definition) is 1. The molecule has 1 aromatic heterocycles. The van der Waals surface area contributed by atoms with Gasteiger partial charge in [-0.1, -0.05) is 13.0 Å². The molecule has 6 heteroatoms. The van der Waals surface area contributed by atoms with Crippen LogP contribution in [0.1, 0.15) is 12.6 Å². The van der Waals surface area contributed by atoms with Crippen LogP contribution in [0.25, 0.3) is 0 Å². The van der Waals surface area contributed by atoms with Gasteiger partial charge in [-0.15, -0.1) is 0 Å². The average molecular weight is 258 g/mol. The first-order chi connectivity index (χ1) is 8.10. The molecule has 0 aliphatic carbocycles. The van der Waals surface area contributed by atoms with E-state index in [1.807, 2.05) is 6.07 Å². The van der Waals surface area contributed by atoms with E-state index in [2.05, 4.69) is 4.98 Å². The maximum absolute atomic E-state index is 11.9. The summed E-state index contributed by atoms with van der Waals surface area (Å²) in [6, 6.07) is 5.43. The molecule has 1 rings (SSSR count). The standard InChI is InChI=1S/C11H18N2O3S/c1-2-13(8-9-14)17(15,16)10-6-11-5-3-4-7-12-11/h3-5,7,14H,2,6,8-10H2,1H3. The first kappa shape index (κ1) is 14.1. The fraction of sp³-hybridized carbons (Fsp3) is 0.545. The molecule has 96 valence electrons. The van der Waals surface area contributed by atoms with E-state index in [4.69, 9.17) is 5.11 Å². The molecule has 1 heterocycles. The van der Waals surface area contributed by atoms with E-state index in [1.54, 1.807) is 25.3 Å². The largest absolute Gasteiger partial charge is 0.395 e. The molecule has 0 fully saturated rings. The number of sulfonamides is 1. The minimum Gasteiger partial charge on any atom is -0.395 e. The molecule has 0 saturated heterocycles. The van der Waals surface area contributed by atoms with Crippen LogP contribution in [0.2, 0.25) is 0 Å². The van der Waals surface area contributed by atoms with Crippen molar-refractivity contribution in [1.29, 1.82) is 0 Å². The third-order valence-corrected chi connectivity index (χ3v) is 4.39. The molecular formula is C11H18N2O3S. The fourth-order valence-corrected chi connectivity index (χ4v) is 2.99. The Morgan fingerprint density at radius 2 is 2.18 bits per heavy atom. The highest BCUT2D eigenvalue weighted by atomic mass is 32.2. The summed E-state index contributed by atoms with van der Waals surface area (Å²) in [5.41, 5.74) is 0.760. The van der Waals surface area contributed by atoms with Crippen molar-refractivity contribution >= 4 is 10.0 Å². The highest BCUT2D eigenvalue weighted by molar-refractivity contribution is 7.89. The van der Waals surface area contributed by atoms with Gasteiger partial charge in [0.15, 0.2) is 0 Å². The van der Waals surface area contributed by atoms with E-state index in [0.29, 0.717) is 13.0 Å². The van der Waals surface area contributed by atoms with Crippen molar-refractivity contribution in [3.63, 3.8) is 0 Å². The second-order valence-electron chi connectivity index (χ2n) is 3.60. The second-order valence-corrected chi connectivity index (χ2v) is 5.69. The molecule has 0 unspecified atom stereocenters. The van der Waals surface area contributed by atoms with Crippen LogP contribution >= 0.6 is 0 Å². The van der Waals surface area contributed by atoms with Crippen LogP contribution < -0.4 is 0 Å². The highest BCUT2D eigenvalue weighted by Crippen LogP contribution is 2.04. The Morgan fingerprint density at radius 1 is 1.41 bits per heavy atom. The van der Waals surface area contributed by atoms with Crippen LogP contribution in [0, 0.1) is 0 Å². The van der Waals surface area contributed by atoms with Crippen molar-refractivity contribution in [3.05, 3.63) is 30.1 Å². The summed E-state index contributed by atoms with van der Waals surface area (Å²) in [4.78, 5) is 4.08. The summed E-state index contributed by atoms with van der Waals surface area (Å²) >= 11 is 0.